The minimum absolute atomic E-state index is 0.111. The van der Waals surface area contributed by atoms with Crippen LogP contribution < -0.4 is 20.3 Å². The standard InChI is InChI=1S/C25H23N3O4S/c1-31-20-9-7-17(11-21(20)32-2)19-13-33-24-23(19)25(30)28(14-26-24)12-22(29)27-18-8-6-15-4-3-5-16(15)10-18/h6-11,13-14H,3-5,12H2,1-2H3,(H,27,29). The molecule has 8 heteroatoms. The van der Waals surface area contributed by atoms with Gasteiger partial charge in [-0.3, -0.25) is 14.2 Å². The summed E-state index contributed by atoms with van der Waals surface area (Å²) in [6.45, 7) is -0.111. The first-order chi connectivity index (χ1) is 16.1. The molecule has 1 aliphatic carbocycles. The molecule has 2 aromatic carbocycles. The van der Waals surface area contributed by atoms with E-state index in [2.05, 4.69) is 16.4 Å². The number of carbonyl (C=O) groups is 1. The monoisotopic (exact) mass is 461 g/mol. The quantitative estimate of drug-likeness (QED) is 0.464. The van der Waals surface area contributed by atoms with Gasteiger partial charge in [-0.25, -0.2) is 4.98 Å². The Balaban J connectivity index is 1.44. The summed E-state index contributed by atoms with van der Waals surface area (Å²) in [6, 6.07) is 11.5. The second-order valence-electron chi connectivity index (χ2n) is 7.96. The Morgan fingerprint density at radius 3 is 2.73 bits per heavy atom. The van der Waals surface area contributed by atoms with Crippen molar-refractivity contribution >= 4 is 33.1 Å². The van der Waals surface area contributed by atoms with Gasteiger partial charge in [0.25, 0.3) is 5.56 Å². The second kappa shape index (κ2) is 8.71. The van der Waals surface area contributed by atoms with Crippen molar-refractivity contribution in [1.82, 2.24) is 9.55 Å². The van der Waals surface area contributed by atoms with Crippen LogP contribution in [0, 0.1) is 0 Å². The summed E-state index contributed by atoms with van der Waals surface area (Å²) in [5, 5.41) is 5.29. The van der Waals surface area contributed by atoms with Gasteiger partial charge in [-0.15, -0.1) is 11.3 Å². The Hall–Kier alpha value is -3.65. The van der Waals surface area contributed by atoms with Crippen molar-refractivity contribution in [1.29, 1.82) is 0 Å². The Bertz CT molecular complexity index is 1420. The van der Waals surface area contributed by atoms with E-state index in [9.17, 15) is 9.59 Å². The molecule has 5 rings (SSSR count). The van der Waals surface area contributed by atoms with Crippen LogP contribution in [0.3, 0.4) is 0 Å². The number of hydrogen-bond donors (Lipinski definition) is 1. The molecule has 7 nitrogen and oxygen atoms in total. The molecule has 1 N–H and O–H groups in total. The number of methoxy groups -OCH3 is 2. The van der Waals surface area contributed by atoms with E-state index in [1.54, 1.807) is 20.3 Å². The maximum absolute atomic E-state index is 13.3. The molecule has 0 bridgehead atoms. The number of fused-ring (bicyclic) bond motifs is 2. The highest BCUT2D eigenvalue weighted by atomic mass is 32.1. The Labute approximate surface area is 194 Å². The SMILES string of the molecule is COc1ccc(-c2csc3ncn(CC(=O)Nc4ccc5c(c4)CCC5)c(=O)c23)cc1OC. The lowest BCUT2D eigenvalue weighted by Crippen LogP contribution is -2.27. The number of aryl methyl sites for hydroxylation is 2. The summed E-state index contributed by atoms with van der Waals surface area (Å²) in [4.78, 5) is 31.0. The van der Waals surface area contributed by atoms with Crippen LogP contribution in [0.5, 0.6) is 11.5 Å². The van der Waals surface area contributed by atoms with Crippen molar-refractivity contribution in [2.75, 3.05) is 19.5 Å². The van der Waals surface area contributed by atoms with Crippen molar-refractivity contribution in [3.63, 3.8) is 0 Å². The lowest BCUT2D eigenvalue weighted by Gasteiger charge is -2.10. The summed E-state index contributed by atoms with van der Waals surface area (Å²) >= 11 is 1.39. The second-order valence-corrected chi connectivity index (χ2v) is 8.82. The zero-order valence-electron chi connectivity index (χ0n) is 18.4. The van der Waals surface area contributed by atoms with Crippen LogP contribution in [-0.4, -0.2) is 29.7 Å². The smallest absolute Gasteiger partial charge is 0.263 e. The number of nitrogens with zero attached hydrogens (tertiary/aromatic N) is 2. The molecule has 0 radical (unpaired) electrons. The fraction of sp³-hybridized carbons (Fsp3) is 0.240. The molecule has 0 spiro atoms. The predicted octanol–water partition coefficient (Wildman–Crippen LogP) is 4.27. The van der Waals surface area contributed by atoms with Gasteiger partial charge >= 0.3 is 0 Å². The molecule has 168 valence electrons. The van der Waals surface area contributed by atoms with Crippen LogP contribution in [0.25, 0.3) is 21.3 Å². The Kier molecular flexibility index (Phi) is 5.60. The van der Waals surface area contributed by atoms with Crippen molar-refractivity contribution in [3.8, 4) is 22.6 Å². The summed E-state index contributed by atoms with van der Waals surface area (Å²) < 4.78 is 12.1. The lowest BCUT2D eigenvalue weighted by atomic mass is 10.1. The number of rotatable bonds is 6. The first kappa shape index (κ1) is 21.2. The highest BCUT2D eigenvalue weighted by Crippen LogP contribution is 2.36. The maximum Gasteiger partial charge on any atom is 0.263 e. The third-order valence-corrected chi connectivity index (χ3v) is 6.84. The van der Waals surface area contributed by atoms with E-state index in [-0.39, 0.29) is 18.0 Å². The van der Waals surface area contributed by atoms with E-state index < -0.39 is 0 Å². The molecule has 0 saturated carbocycles. The Morgan fingerprint density at radius 1 is 1.09 bits per heavy atom. The summed E-state index contributed by atoms with van der Waals surface area (Å²) in [5.74, 6) is 0.922. The van der Waals surface area contributed by atoms with Crippen LogP contribution in [0.2, 0.25) is 0 Å². The number of nitrogens with one attached hydrogen (secondary N) is 1. The van der Waals surface area contributed by atoms with Crippen molar-refractivity contribution in [3.05, 3.63) is 69.6 Å². The maximum atomic E-state index is 13.3. The normalized spacial score (nSPS) is 12.5. The first-order valence-corrected chi connectivity index (χ1v) is 11.6. The van der Waals surface area contributed by atoms with Crippen LogP contribution in [-0.2, 0) is 24.2 Å². The largest absolute Gasteiger partial charge is 0.493 e. The molecule has 0 fully saturated rings. The first-order valence-electron chi connectivity index (χ1n) is 10.7. The van der Waals surface area contributed by atoms with Gasteiger partial charge < -0.3 is 14.8 Å². The molecule has 4 aromatic rings. The van der Waals surface area contributed by atoms with Gasteiger partial charge in [0, 0.05) is 16.6 Å². The van der Waals surface area contributed by atoms with Gasteiger partial charge in [0.15, 0.2) is 11.5 Å². The molecule has 0 aliphatic heterocycles. The highest BCUT2D eigenvalue weighted by Gasteiger charge is 2.17. The summed E-state index contributed by atoms with van der Waals surface area (Å²) in [5.41, 5.74) is 4.70. The van der Waals surface area contributed by atoms with E-state index in [0.717, 1.165) is 36.1 Å². The van der Waals surface area contributed by atoms with Crippen LogP contribution in [0.1, 0.15) is 17.5 Å². The number of anilines is 1. The minimum atomic E-state index is -0.265. The number of aromatic nitrogens is 2. The van der Waals surface area contributed by atoms with Gasteiger partial charge in [0.2, 0.25) is 5.91 Å². The zero-order chi connectivity index (χ0) is 22.9. The molecule has 1 amide bonds. The van der Waals surface area contributed by atoms with E-state index >= 15 is 0 Å². The molecule has 0 unspecified atom stereocenters. The number of benzene rings is 2. The van der Waals surface area contributed by atoms with Gasteiger partial charge in [0.1, 0.15) is 11.4 Å². The van der Waals surface area contributed by atoms with Gasteiger partial charge in [-0.1, -0.05) is 12.1 Å². The minimum Gasteiger partial charge on any atom is -0.493 e. The lowest BCUT2D eigenvalue weighted by molar-refractivity contribution is -0.116. The molecule has 2 heterocycles. The average molecular weight is 462 g/mol. The van der Waals surface area contributed by atoms with E-state index in [1.807, 2.05) is 29.6 Å². The molecule has 1 aliphatic rings. The predicted molar refractivity (Wildman–Crippen MR) is 130 cm³/mol. The van der Waals surface area contributed by atoms with Crippen molar-refractivity contribution < 1.29 is 14.3 Å². The Morgan fingerprint density at radius 2 is 1.91 bits per heavy atom. The summed E-state index contributed by atoms with van der Waals surface area (Å²) in [7, 11) is 3.15. The molecular formula is C25H23N3O4S. The number of amides is 1. The van der Waals surface area contributed by atoms with Crippen molar-refractivity contribution in [2.45, 2.75) is 25.8 Å². The highest BCUT2D eigenvalue weighted by molar-refractivity contribution is 7.17. The molecule has 0 saturated heterocycles. The zero-order valence-corrected chi connectivity index (χ0v) is 19.2. The van der Waals surface area contributed by atoms with Crippen LogP contribution >= 0.6 is 11.3 Å². The van der Waals surface area contributed by atoms with E-state index in [1.165, 1.54) is 33.4 Å². The third-order valence-electron chi connectivity index (χ3n) is 5.95. The van der Waals surface area contributed by atoms with E-state index in [4.69, 9.17) is 9.47 Å². The fourth-order valence-electron chi connectivity index (χ4n) is 4.30. The molecule has 33 heavy (non-hydrogen) atoms. The van der Waals surface area contributed by atoms with Crippen molar-refractivity contribution in [2.24, 2.45) is 0 Å². The van der Waals surface area contributed by atoms with Crippen LogP contribution in [0.15, 0.2) is 52.9 Å². The fourth-order valence-corrected chi connectivity index (χ4v) is 5.21. The molecular weight excluding hydrogens is 438 g/mol. The summed E-state index contributed by atoms with van der Waals surface area (Å²) in [6.07, 6.45) is 4.71. The van der Waals surface area contributed by atoms with Gasteiger partial charge in [0.05, 0.1) is 25.9 Å². The van der Waals surface area contributed by atoms with Gasteiger partial charge in [-0.05, 0) is 60.2 Å². The average Bonchev–Trinajstić information content (AvgIpc) is 3.47. The van der Waals surface area contributed by atoms with Crippen LogP contribution in [0.4, 0.5) is 5.69 Å². The van der Waals surface area contributed by atoms with E-state index in [0.29, 0.717) is 21.7 Å². The molecule has 0 atom stereocenters. The topological polar surface area (TPSA) is 82.5 Å². The number of hydrogen-bond acceptors (Lipinski definition) is 6. The number of ether oxygens (including phenoxy) is 2. The molecule has 2 aromatic heterocycles. The number of thiophene rings is 1. The van der Waals surface area contributed by atoms with Gasteiger partial charge in [-0.2, -0.15) is 0 Å². The number of carbonyl (C=O) groups excluding carboxylic acids is 1. The third kappa shape index (κ3) is 3.98.